The molecule has 1 saturated heterocycles. The van der Waals surface area contributed by atoms with Crippen molar-refractivity contribution in [2.45, 2.75) is 96.4 Å². The molecule has 1 heterocycles. The molecule has 6 heteroatoms. The minimum Gasteiger partial charge on any atom is -0.463 e. The normalized spacial score (nSPS) is 48.5. The van der Waals surface area contributed by atoms with Crippen LogP contribution >= 0.6 is 0 Å². The summed E-state index contributed by atoms with van der Waals surface area (Å²) in [6.07, 6.45) is 10.1. The summed E-state index contributed by atoms with van der Waals surface area (Å²) in [7, 11) is 0. The summed E-state index contributed by atoms with van der Waals surface area (Å²) in [6, 6.07) is 2.22. The lowest BCUT2D eigenvalue weighted by Gasteiger charge is -2.57. The van der Waals surface area contributed by atoms with Gasteiger partial charge in [-0.05, 0) is 75.0 Å². The van der Waals surface area contributed by atoms with Crippen LogP contribution in [0.15, 0.2) is 11.6 Å². The lowest BCUT2D eigenvalue weighted by atomic mass is 9.47. The molecule has 0 aromatic heterocycles. The Morgan fingerprint density at radius 3 is 2.62 bits per heavy atom. The van der Waals surface area contributed by atoms with Crippen LogP contribution < -0.4 is 0 Å². The number of allylic oxidation sites excluding steroid dienone is 1. The monoisotopic (exact) mass is 441 g/mol. The number of nitrogens with zero attached hydrogens (tertiary/aromatic N) is 1. The van der Waals surface area contributed by atoms with Gasteiger partial charge in [0, 0.05) is 18.8 Å². The standard InChI is InChI=1S/C26H35NO5/c1-5-30-22(29)25(15-27)26(32-25)13-10-21-19-7-6-17-14-18(31-16(2)28)8-11-23(17,3)20(19)9-12-24(21,26)4/h6,18-21H,5,7-14H2,1-4H3/t18-,19+,20-,21-,23+,24+,25+,26-/m1/s1. The average Bonchev–Trinajstić information content (AvgIpc) is 3.34. The Bertz CT molecular complexity index is 922. The molecule has 3 saturated carbocycles. The largest absolute Gasteiger partial charge is 0.463 e. The van der Waals surface area contributed by atoms with Gasteiger partial charge in [0.05, 0.1) is 6.61 Å². The fraction of sp³-hybridized carbons (Fsp3) is 0.808. The smallest absolute Gasteiger partial charge is 0.356 e. The topological polar surface area (TPSA) is 88.9 Å². The second-order valence-corrected chi connectivity index (χ2v) is 11.2. The summed E-state index contributed by atoms with van der Waals surface area (Å²) in [5.74, 6) is 0.867. The van der Waals surface area contributed by atoms with Gasteiger partial charge < -0.3 is 14.2 Å². The maximum Gasteiger partial charge on any atom is 0.356 e. The fourth-order valence-corrected chi connectivity index (χ4v) is 8.54. The molecule has 0 aromatic rings. The first-order valence-electron chi connectivity index (χ1n) is 12.3. The number of hydrogen-bond acceptors (Lipinski definition) is 6. The van der Waals surface area contributed by atoms with E-state index < -0.39 is 17.2 Å². The van der Waals surface area contributed by atoms with Gasteiger partial charge in [0.15, 0.2) is 0 Å². The summed E-state index contributed by atoms with van der Waals surface area (Å²) in [5, 5.41) is 9.98. The Labute approximate surface area is 190 Å². The van der Waals surface area contributed by atoms with Gasteiger partial charge >= 0.3 is 11.9 Å². The molecule has 0 amide bonds. The van der Waals surface area contributed by atoms with Gasteiger partial charge in [-0.3, -0.25) is 4.79 Å². The van der Waals surface area contributed by atoms with Crippen LogP contribution in [0, 0.1) is 39.9 Å². The summed E-state index contributed by atoms with van der Waals surface area (Å²) in [6.45, 7) is 8.20. The van der Waals surface area contributed by atoms with Crippen LogP contribution in [0.2, 0.25) is 0 Å². The van der Waals surface area contributed by atoms with Crippen LogP contribution in [0.1, 0.15) is 79.1 Å². The summed E-state index contributed by atoms with van der Waals surface area (Å²) < 4.78 is 17.0. The van der Waals surface area contributed by atoms with Crippen molar-refractivity contribution in [3.8, 4) is 6.07 Å². The number of hydrogen-bond donors (Lipinski definition) is 0. The molecule has 1 aliphatic heterocycles. The van der Waals surface area contributed by atoms with E-state index in [2.05, 4.69) is 26.0 Å². The lowest BCUT2D eigenvalue weighted by molar-refractivity contribution is -0.149. The van der Waals surface area contributed by atoms with E-state index >= 15 is 0 Å². The van der Waals surface area contributed by atoms with Crippen LogP contribution in [0.4, 0.5) is 0 Å². The van der Waals surface area contributed by atoms with Crippen LogP contribution in [-0.2, 0) is 23.8 Å². The number of fused-ring (bicyclic) bond motifs is 6. The van der Waals surface area contributed by atoms with Gasteiger partial charge in [-0.1, -0.05) is 25.5 Å². The summed E-state index contributed by atoms with van der Waals surface area (Å²) >= 11 is 0. The van der Waals surface area contributed by atoms with Crippen molar-refractivity contribution < 1.29 is 23.8 Å². The van der Waals surface area contributed by atoms with E-state index in [1.165, 1.54) is 12.5 Å². The maximum atomic E-state index is 12.7. The van der Waals surface area contributed by atoms with Crippen LogP contribution in [0.3, 0.4) is 0 Å². The van der Waals surface area contributed by atoms with Crippen LogP contribution in [-0.4, -0.2) is 35.9 Å². The van der Waals surface area contributed by atoms with E-state index in [0.717, 1.165) is 51.4 Å². The summed E-state index contributed by atoms with van der Waals surface area (Å²) in [4.78, 5) is 24.2. The van der Waals surface area contributed by atoms with Gasteiger partial charge in [-0.2, -0.15) is 5.26 Å². The average molecular weight is 442 g/mol. The molecule has 5 aliphatic rings. The highest BCUT2D eigenvalue weighted by Gasteiger charge is 2.86. The zero-order valence-electron chi connectivity index (χ0n) is 19.7. The van der Waals surface area contributed by atoms with Crippen molar-refractivity contribution in [1.82, 2.24) is 0 Å². The lowest BCUT2D eigenvalue weighted by Crippen LogP contribution is -2.53. The first kappa shape index (κ1) is 21.9. The van der Waals surface area contributed by atoms with Crippen molar-refractivity contribution in [2.75, 3.05) is 6.61 Å². The third-order valence-corrected chi connectivity index (χ3v) is 10.1. The number of ether oxygens (including phenoxy) is 3. The molecule has 32 heavy (non-hydrogen) atoms. The van der Waals surface area contributed by atoms with E-state index in [9.17, 15) is 14.9 Å². The number of esters is 2. The number of carbonyl (C=O) groups excluding carboxylic acids is 2. The molecule has 174 valence electrons. The molecule has 0 bridgehead atoms. The number of nitriles is 1. The zero-order valence-corrected chi connectivity index (χ0v) is 19.7. The predicted molar refractivity (Wildman–Crippen MR) is 116 cm³/mol. The van der Waals surface area contributed by atoms with Gasteiger partial charge in [0.1, 0.15) is 17.8 Å². The Kier molecular flexibility index (Phi) is 4.84. The second-order valence-electron chi connectivity index (χ2n) is 11.2. The number of carbonyl (C=O) groups is 2. The SMILES string of the molecule is CCOC(=O)[C@]1(C#N)O[C@@]12CC[C@@H]1[C@H]3CC=C4C[C@H](OC(C)=O)CC[C@]4(C)[C@@H]3CC[C@@]12C. The highest BCUT2D eigenvalue weighted by atomic mass is 16.7. The van der Waals surface area contributed by atoms with E-state index in [1.807, 2.05) is 0 Å². The van der Waals surface area contributed by atoms with Gasteiger partial charge in [0.25, 0.3) is 5.60 Å². The number of rotatable bonds is 3. The Hall–Kier alpha value is -1.87. The molecular weight excluding hydrogens is 406 g/mol. The minimum absolute atomic E-state index is 0.00710. The summed E-state index contributed by atoms with van der Waals surface area (Å²) in [5.41, 5.74) is -0.703. The Morgan fingerprint density at radius 1 is 1.19 bits per heavy atom. The van der Waals surface area contributed by atoms with Gasteiger partial charge in [0.2, 0.25) is 0 Å². The quantitative estimate of drug-likeness (QED) is 0.365. The molecule has 1 spiro atoms. The van der Waals surface area contributed by atoms with Gasteiger partial charge in [-0.15, -0.1) is 0 Å². The third-order valence-electron chi connectivity index (χ3n) is 10.1. The van der Waals surface area contributed by atoms with Crippen LogP contribution in [0.25, 0.3) is 0 Å². The van der Waals surface area contributed by atoms with E-state index in [0.29, 0.717) is 17.8 Å². The van der Waals surface area contributed by atoms with Crippen molar-refractivity contribution in [3.05, 3.63) is 11.6 Å². The third kappa shape index (κ3) is 2.61. The molecule has 4 aliphatic carbocycles. The molecule has 8 atom stereocenters. The Morgan fingerprint density at radius 2 is 1.94 bits per heavy atom. The molecule has 0 unspecified atom stereocenters. The fourth-order valence-electron chi connectivity index (χ4n) is 8.54. The highest BCUT2D eigenvalue weighted by molar-refractivity contribution is 5.89. The molecule has 0 aromatic carbocycles. The van der Waals surface area contributed by atoms with Crippen molar-refractivity contribution >= 4 is 11.9 Å². The first-order valence-corrected chi connectivity index (χ1v) is 12.3. The molecular formula is C26H35NO5. The highest BCUT2D eigenvalue weighted by Crippen LogP contribution is 2.75. The van der Waals surface area contributed by atoms with E-state index in [4.69, 9.17) is 14.2 Å². The van der Waals surface area contributed by atoms with E-state index in [-0.39, 0.29) is 29.5 Å². The van der Waals surface area contributed by atoms with Crippen molar-refractivity contribution in [2.24, 2.45) is 28.6 Å². The number of epoxide rings is 1. The predicted octanol–water partition coefficient (Wildman–Crippen LogP) is 4.48. The van der Waals surface area contributed by atoms with E-state index in [1.54, 1.807) is 6.92 Å². The molecule has 4 fully saturated rings. The Balaban J connectivity index is 1.41. The van der Waals surface area contributed by atoms with Crippen LogP contribution in [0.5, 0.6) is 0 Å². The molecule has 6 nitrogen and oxygen atoms in total. The zero-order chi connectivity index (χ0) is 22.9. The maximum absolute atomic E-state index is 12.7. The molecule has 0 radical (unpaired) electrons. The first-order chi connectivity index (χ1) is 15.2. The van der Waals surface area contributed by atoms with Crippen molar-refractivity contribution in [1.29, 1.82) is 5.26 Å². The molecule has 0 N–H and O–H groups in total. The molecule has 5 rings (SSSR count). The van der Waals surface area contributed by atoms with Gasteiger partial charge in [-0.25, -0.2) is 4.79 Å². The second kappa shape index (κ2) is 7.06. The van der Waals surface area contributed by atoms with Crippen molar-refractivity contribution in [3.63, 3.8) is 0 Å². The minimum atomic E-state index is -1.43.